The molecule has 1 aromatic heterocycles. The first kappa shape index (κ1) is 10.2. The largest absolute Gasteiger partial charge is 0.434 e. The van der Waals surface area contributed by atoms with Crippen LogP contribution in [0.15, 0.2) is 12.4 Å². The molecule has 6 heteroatoms. The van der Waals surface area contributed by atoms with Gasteiger partial charge in [0, 0.05) is 6.42 Å². The standard InChI is InChI=1S/C8H9N3O3/c1-2-3-7(12)6-10-5-4-9-8(10)11(13)14/h1,4-5,7,12H,3,6H2. The second kappa shape index (κ2) is 4.39. The number of imidazole rings is 1. The quantitative estimate of drug-likeness (QED) is 0.422. The summed E-state index contributed by atoms with van der Waals surface area (Å²) in [4.78, 5) is 13.3. The molecule has 0 bridgehead atoms. The highest BCUT2D eigenvalue weighted by molar-refractivity contribution is 5.06. The highest BCUT2D eigenvalue weighted by Crippen LogP contribution is 2.08. The van der Waals surface area contributed by atoms with E-state index in [1.165, 1.54) is 17.0 Å². The maximum Gasteiger partial charge on any atom is 0.434 e. The molecule has 0 aliphatic rings. The molecule has 0 saturated heterocycles. The molecule has 0 aliphatic carbocycles. The van der Waals surface area contributed by atoms with Gasteiger partial charge in [0.1, 0.15) is 12.4 Å². The molecule has 0 fully saturated rings. The summed E-state index contributed by atoms with van der Waals surface area (Å²) in [6.07, 6.45) is 7.10. The zero-order chi connectivity index (χ0) is 10.6. The molecule has 74 valence electrons. The van der Waals surface area contributed by atoms with Crippen molar-refractivity contribution in [2.75, 3.05) is 0 Å². The molecule has 0 radical (unpaired) electrons. The minimum absolute atomic E-state index is 0.0838. The lowest BCUT2D eigenvalue weighted by Crippen LogP contribution is -2.16. The Labute approximate surface area is 80.3 Å². The third-order valence-electron chi connectivity index (χ3n) is 1.62. The van der Waals surface area contributed by atoms with Gasteiger partial charge in [0.05, 0.1) is 12.6 Å². The molecule has 1 atom stereocenters. The second-order valence-electron chi connectivity index (χ2n) is 2.70. The van der Waals surface area contributed by atoms with Crippen LogP contribution in [0.3, 0.4) is 0 Å². The molecule has 1 unspecified atom stereocenters. The Morgan fingerprint density at radius 1 is 1.86 bits per heavy atom. The van der Waals surface area contributed by atoms with E-state index in [-0.39, 0.29) is 18.9 Å². The maximum atomic E-state index is 10.4. The summed E-state index contributed by atoms with van der Waals surface area (Å²) >= 11 is 0. The Morgan fingerprint density at radius 3 is 3.14 bits per heavy atom. The van der Waals surface area contributed by atoms with Gasteiger partial charge in [-0.1, -0.05) is 4.98 Å². The third-order valence-corrected chi connectivity index (χ3v) is 1.62. The molecule has 1 heterocycles. The van der Waals surface area contributed by atoms with Crippen LogP contribution in [0.1, 0.15) is 6.42 Å². The molecule has 0 saturated carbocycles. The van der Waals surface area contributed by atoms with Crippen molar-refractivity contribution in [2.24, 2.45) is 0 Å². The summed E-state index contributed by atoms with van der Waals surface area (Å²) in [6, 6.07) is 0. The van der Waals surface area contributed by atoms with E-state index < -0.39 is 11.0 Å². The van der Waals surface area contributed by atoms with Gasteiger partial charge in [0.15, 0.2) is 0 Å². The van der Waals surface area contributed by atoms with Crippen molar-refractivity contribution in [1.29, 1.82) is 0 Å². The lowest BCUT2D eigenvalue weighted by atomic mass is 10.2. The number of nitrogens with zero attached hydrogens (tertiary/aromatic N) is 3. The first-order valence-corrected chi connectivity index (χ1v) is 3.92. The molecule has 0 amide bonds. The van der Waals surface area contributed by atoms with Gasteiger partial charge in [-0.2, -0.15) is 0 Å². The Hall–Kier alpha value is -1.87. The zero-order valence-corrected chi connectivity index (χ0v) is 7.33. The van der Waals surface area contributed by atoms with E-state index in [1.807, 2.05) is 0 Å². The van der Waals surface area contributed by atoms with E-state index in [0.717, 1.165) is 0 Å². The molecule has 0 aromatic carbocycles. The van der Waals surface area contributed by atoms with Crippen molar-refractivity contribution < 1.29 is 10.0 Å². The van der Waals surface area contributed by atoms with Crippen molar-refractivity contribution >= 4 is 5.95 Å². The predicted octanol–water partition coefficient (Wildman–Crippen LogP) is 0.175. The van der Waals surface area contributed by atoms with Crippen LogP contribution in [0.5, 0.6) is 0 Å². The van der Waals surface area contributed by atoms with Crippen LogP contribution >= 0.6 is 0 Å². The average molecular weight is 195 g/mol. The van der Waals surface area contributed by atoms with Crippen LogP contribution in [-0.2, 0) is 6.54 Å². The number of aliphatic hydroxyl groups excluding tert-OH is 1. The monoisotopic (exact) mass is 195 g/mol. The number of aromatic nitrogens is 2. The highest BCUT2D eigenvalue weighted by Gasteiger charge is 2.16. The van der Waals surface area contributed by atoms with Crippen molar-refractivity contribution in [3.05, 3.63) is 22.5 Å². The van der Waals surface area contributed by atoms with E-state index >= 15 is 0 Å². The van der Waals surface area contributed by atoms with Crippen LogP contribution in [0.4, 0.5) is 5.95 Å². The molecule has 0 aliphatic heterocycles. The van der Waals surface area contributed by atoms with E-state index in [2.05, 4.69) is 10.9 Å². The fraction of sp³-hybridized carbons (Fsp3) is 0.375. The van der Waals surface area contributed by atoms with Gasteiger partial charge in [-0.15, -0.1) is 12.3 Å². The normalized spacial score (nSPS) is 12.0. The van der Waals surface area contributed by atoms with E-state index in [1.54, 1.807) is 0 Å². The SMILES string of the molecule is C#CCC(O)Cn1ccnc1[N+](=O)[O-]. The summed E-state index contributed by atoms with van der Waals surface area (Å²) in [5.41, 5.74) is 0. The van der Waals surface area contributed by atoms with Crippen molar-refractivity contribution in [3.63, 3.8) is 0 Å². The minimum atomic E-state index is -0.784. The Morgan fingerprint density at radius 2 is 2.57 bits per heavy atom. The number of hydrogen-bond acceptors (Lipinski definition) is 4. The van der Waals surface area contributed by atoms with Gasteiger partial charge in [-0.05, 0) is 4.92 Å². The number of rotatable bonds is 4. The smallest absolute Gasteiger partial charge is 0.390 e. The number of aliphatic hydroxyl groups is 1. The summed E-state index contributed by atoms with van der Waals surface area (Å²) in [5.74, 6) is 1.98. The Balaban J connectivity index is 2.72. The van der Waals surface area contributed by atoms with Gasteiger partial charge in [-0.3, -0.25) is 0 Å². The summed E-state index contributed by atoms with van der Waals surface area (Å²) in [5, 5.41) is 19.7. The first-order chi connectivity index (χ1) is 6.65. The van der Waals surface area contributed by atoms with Gasteiger partial charge in [0.25, 0.3) is 0 Å². The lowest BCUT2D eigenvalue weighted by molar-refractivity contribution is -0.397. The fourth-order valence-corrected chi connectivity index (χ4v) is 1.04. The van der Waals surface area contributed by atoms with Gasteiger partial charge < -0.3 is 15.2 Å². The van der Waals surface area contributed by atoms with Crippen molar-refractivity contribution in [3.8, 4) is 12.3 Å². The maximum absolute atomic E-state index is 10.4. The molecule has 1 aromatic rings. The van der Waals surface area contributed by atoms with Crippen LogP contribution in [0, 0.1) is 22.5 Å². The van der Waals surface area contributed by atoms with Gasteiger partial charge in [0.2, 0.25) is 0 Å². The minimum Gasteiger partial charge on any atom is -0.390 e. The van der Waals surface area contributed by atoms with E-state index in [4.69, 9.17) is 6.42 Å². The zero-order valence-electron chi connectivity index (χ0n) is 7.33. The third kappa shape index (κ3) is 2.31. The van der Waals surface area contributed by atoms with Crippen LogP contribution in [-0.4, -0.2) is 25.7 Å². The molecular formula is C8H9N3O3. The van der Waals surface area contributed by atoms with Crippen molar-refractivity contribution in [1.82, 2.24) is 9.55 Å². The summed E-state index contributed by atoms with van der Waals surface area (Å²) < 4.78 is 1.25. The van der Waals surface area contributed by atoms with E-state index in [0.29, 0.717) is 0 Å². The van der Waals surface area contributed by atoms with Crippen molar-refractivity contribution in [2.45, 2.75) is 19.1 Å². The molecule has 6 nitrogen and oxygen atoms in total. The number of nitro groups is 1. The second-order valence-corrected chi connectivity index (χ2v) is 2.70. The van der Waals surface area contributed by atoms with Gasteiger partial charge >= 0.3 is 5.95 Å². The summed E-state index contributed by atoms with van der Waals surface area (Å²) in [7, 11) is 0. The van der Waals surface area contributed by atoms with Gasteiger partial charge in [-0.25, -0.2) is 4.57 Å². The molecular weight excluding hydrogens is 186 g/mol. The molecule has 14 heavy (non-hydrogen) atoms. The predicted molar refractivity (Wildman–Crippen MR) is 48.3 cm³/mol. The Bertz CT molecular complexity index is 366. The lowest BCUT2D eigenvalue weighted by Gasteiger charge is -2.05. The molecule has 1 rings (SSSR count). The topological polar surface area (TPSA) is 81.2 Å². The average Bonchev–Trinajstić information content (AvgIpc) is 2.52. The number of terminal acetylenes is 1. The summed E-state index contributed by atoms with van der Waals surface area (Å²) in [6.45, 7) is 0.0838. The van der Waals surface area contributed by atoms with Crippen LogP contribution in [0.25, 0.3) is 0 Å². The highest BCUT2D eigenvalue weighted by atomic mass is 16.6. The van der Waals surface area contributed by atoms with Crippen LogP contribution < -0.4 is 0 Å². The molecule has 0 spiro atoms. The fourth-order valence-electron chi connectivity index (χ4n) is 1.04. The van der Waals surface area contributed by atoms with E-state index in [9.17, 15) is 15.2 Å². The Kier molecular flexibility index (Phi) is 3.20. The molecule has 1 N–H and O–H groups in total. The number of hydrogen-bond donors (Lipinski definition) is 1. The van der Waals surface area contributed by atoms with Crippen LogP contribution in [0.2, 0.25) is 0 Å². The first-order valence-electron chi connectivity index (χ1n) is 3.92.